The second-order valence-electron chi connectivity index (χ2n) is 4.56. The molecule has 1 rings (SSSR count). The Morgan fingerprint density at radius 1 is 1.39 bits per heavy atom. The number of halogens is 2. The van der Waals surface area contributed by atoms with Crippen LogP contribution in [0.4, 0.5) is 8.78 Å². The molecule has 0 fully saturated rings. The molecule has 1 aromatic rings. The van der Waals surface area contributed by atoms with Crippen LogP contribution in [0, 0.1) is 11.6 Å². The number of carbonyl (C=O) groups is 1. The molecule has 0 aliphatic carbocycles. The summed E-state index contributed by atoms with van der Waals surface area (Å²) in [5, 5.41) is 18.1. The standard InChI is InChI=1S/C12H14F2O4/c1-12(2,5-8(16)17)9-10(13)6(15)4-7(18-3)11(9)14/h4,15H,5H2,1-3H3,(H,16,17). The Kier molecular flexibility index (Phi) is 3.79. The van der Waals surface area contributed by atoms with Crippen molar-refractivity contribution in [2.75, 3.05) is 7.11 Å². The van der Waals surface area contributed by atoms with Gasteiger partial charge < -0.3 is 14.9 Å². The van der Waals surface area contributed by atoms with Crippen molar-refractivity contribution in [1.29, 1.82) is 0 Å². The van der Waals surface area contributed by atoms with Crippen molar-refractivity contribution in [1.82, 2.24) is 0 Å². The summed E-state index contributed by atoms with van der Waals surface area (Å²) in [4.78, 5) is 10.7. The zero-order valence-corrected chi connectivity index (χ0v) is 10.3. The lowest BCUT2D eigenvalue weighted by molar-refractivity contribution is -0.138. The lowest BCUT2D eigenvalue weighted by Gasteiger charge is -2.25. The van der Waals surface area contributed by atoms with Gasteiger partial charge in [-0.3, -0.25) is 4.79 Å². The monoisotopic (exact) mass is 260 g/mol. The fourth-order valence-electron chi connectivity index (χ4n) is 1.81. The maximum absolute atomic E-state index is 14.0. The Morgan fingerprint density at radius 3 is 2.39 bits per heavy atom. The Bertz CT molecular complexity index is 483. The van der Waals surface area contributed by atoms with Crippen molar-refractivity contribution in [3.05, 3.63) is 23.3 Å². The molecule has 4 nitrogen and oxygen atoms in total. The van der Waals surface area contributed by atoms with Gasteiger partial charge in [0.1, 0.15) is 0 Å². The minimum absolute atomic E-state index is 0.331. The van der Waals surface area contributed by atoms with E-state index >= 15 is 0 Å². The first-order valence-electron chi connectivity index (χ1n) is 5.18. The van der Waals surface area contributed by atoms with Crippen LogP contribution in [0.2, 0.25) is 0 Å². The Morgan fingerprint density at radius 2 is 1.94 bits per heavy atom. The molecule has 0 atom stereocenters. The van der Waals surface area contributed by atoms with Crippen molar-refractivity contribution in [3.8, 4) is 11.5 Å². The van der Waals surface area contributed by atoms with E-state index in [1.54, 1.807) is 0 Å². The number of phenols is 1. The van der Waals surface area contributed by atoms with Gasteiger partial charge in [0, 0.05) is 17.0 Å². The summed E-state index contributed by atoms with van der Waals surface area (Å²) >= 11 is 0. The highest BCUT2D eigenvalue weighted by molar-refractivity contribution is 5.69. The van der Waals surface area contributed by atoms with E-state index in [0.717, 1.165) is 6.07 Å². The van der Waals surface area contributed by atoms with Gasteiger partial charge in [-0.2, -0.15) is 0 Å². The molecule has 0 saturated heterocycles. The molecule has 0 heterocycles. The minimum atomic E-state index is -1.31. The van der Waals surface area contributed by atoms with Crippen LogP contribution in [0.15, 0.2) is 6.07 Å². The fourth-order valence-corrected chi connectivity index (χ4v) is 1.81. The van der Waals surface area contributed by atoms with Gasteiger partial charge >= 0.3 is 5.97 Å². The summed E-state index contributed by atoms with van der Waals surface area (Å²) in [6, 6.07) is 0.811. The highest BCUT2D eigenvalue weighted by Gasteiger charge is 2.33. The van der Waals surface area contributed by atoms with Gasteiger partial charge in [-0.15, -0.1) is 0 Å². The van der Waals surface area contributed by atoms with Crippen LogP contribution in [0.5, 0.6) is 11.5 Å². The van der Waals surface area contributed by atoms with Gasteiger partial charge in [0.05, 0.1) is 13.5 Å². The number of carboxylic acids is 1. The van der Waals surface area contributed by atoms with E-state index in [4.69, 9.17) is 5.11 Å². The minimum Gasteiger partial charge on any atom is -0.505 e. The molecule has 6 heteroatoms. The van der Waals surface area contributed by atoms with Crippen LogP contribution >= 0.6 is 0 Å². The molecule has 0 aliphatic rings. The van der Waals surface area contributed by atoms with Crippen LogP contribution < -0.4 is 4.74 Å². The first kappa shape index (κ1) is 14.2. The first-order valence-corrected chi connectivity index (χ1v) is 5.18. The Hall–Kier alpha value is -1.85. The average Bonchev–Trinajstić information content (AvgIpc) is 2.21. The molecule has 2 N–H and O–H groups in total. The van der Waals surface area contributed by atoms with E-state index < -0.39 is 40.8 Å². The van der Waals surface area contributed by atoms with Gasteiger partial charge in [-0.05, 0) is 0 Å². The van der Waals surface area contributed by atoms with E-state index in [1.807, 2.05) is 0 Å². The van der Waals surface area contributed by atoms with E-state index in [9.17, 15) is 18.7 Å². The summed E-state index contributed by atoms with van der Waals surface area (Å²) in [5.74, 6) is -4.47. The number of carboxylic acid groups (broad SMARTS) is 1. The quantitative estimate of drug-likeness (QED) is 0.872. The number of phenolic OH excluding ortho intramolecular Hbond substituents is 1. The van der Waals surface area contributed by atoms with Crippen LogP contribution in [0.3, 0.4) is 0 Å². The zero-order valence-electron chi connectivity index (χ0n) is 10.3. The van der Waals surface area contributed by atoms with Crippen LogP contribution in [-0.4, -0.2) is 23.3 Å². The number of aliphatic carboxylic acids is 1. The molecule has 0 spiro atoms. The van der Waals surface area contributed by atoms with Crippen LogP contribution in [-0.2, 0) is 10.2 Å². The third-order valence-electron chi connectivity index (χ3n) is 2.64. The zero-order chi connectivity index (χ0) is 14.1. The van der Waals surface area contributed by atoms with Crippen LogP contribution in [0.1, 0.15) is 25.8 Å². The summed E-state index contributed by atoms with van der Waals surface area (Å²) in [6.45, 7) is 2.75. The number of aromatic hydroxyl groups is 1. The molecule has 0 bridgehead atoms. The highest BCUT2D eigenvalue weighted by atomic mass is 19.1. The van der Waals surface area contributed by atoms with E-state index in [-0.39, 0.29) is 5.75 Å². The van der Waals surface area contributed by atoms with Gasteiger partial charge in [0.15, 0.2) is 23.1 Å². The van der Waals surface area contributed by atoms with Gasteiger partial charge in [-0.1, -0.05) is 13.8 Å². The predicted octanol–water partition coefficient (Wildman–Crippen LogP) is 2.43. The van der Waals surface area contributed by atoms with E-state index in [0.29, 0.717) is 0 Å². The number of benzene rings is 1. The number of hydrogen-bond acceptors (Lipinski definition) is 3. The molecular weight excluding hydrogens is 246 g/mol. The third kappa shape index (κ3) is 2.52. The number of rotatable bonds is 4. The maximum Gasteiger partial charge on any atom is 0.304 e. The molecule has 0 unspecified atom stereocenters. The molecule has 0 aliphatic heterocycles. The van der Waals surface area contributed by atoms with Crippen molar-refractivity contribution in [3.63, 3.8) is 0 Å². The first-order chi connectivity index (χ1) is 8.20. The molecule has 1 aromatic carbocycles. The lowest BCUT2D eigenvalue weighted by atomic mass is 9.80. The largest absolute Gasteiger partial charge is 0.505 e. The maximum atomic E-state index is 14.0. The SMILES string of the molecule is COc1cc(O)c(F)c(C(C)(C)CC(=O)O)c1F. The molecule has 18 heavy (non-hydrogen) atoms. The molecule has 0 radical (unpaired) electrons. The summed E-state index contributed by atoms with van der Waals surface area (Å²) in [7, 11) is 1.17. The van der Waals surface area contributed by atoms with E-state index in [2.05, 4.69) is 4.74 Å². The molecule has 0 aromatic heterocycles. The normalized spacial score (nSPS) is 11.4. The van der Waals surface area contributed by atoms with Crippen molar-refractivity contribution < 1.29 is 28.5 Å². The lowest BCUT2D eigenvalue weighted by Crippen LogP contribution is -2.25. The van der Waals surface area contributed by atoms with Crippen molar-refractivity contribution in [2.24, 2.45) is 0 Å². The predicted molar refractivity (Wildman–Crippen MR) is 59.9 cm³/mol. The fraction of sp³-hybridized carbons (Fsp3) is 0.417. The molecule has 0 saturated carbocycles. The second kappa shape index (κ2) is 4.80. The summed E-state index contributed by atoms with van der Waals surface area (Å²) in [5.41, 5.74) is -1.81. The Balaban J connectivity index is 3.47. The Labute approximate surface area is 103 Å². The van der Waals surface area contributed by atoms with Gasteiger partial charge in [0.2, 0.25) is 0 Å². The average molecular weight is 260 g/mol. The highest BCUT2D eigenvalue weighted by Crippen LogP contribution is 2.39. The smallest absolute Gasteiger partial charge is 0.304 e. The third-order valence-corrected chi connectivity index (χ3v) is 2.64. The van der Waals surface area contributed by atoms with E-state index in [1.165, 1.54) is 21.0 Å². The number of methoxy groups -OCH3 is 1. The second-order valence-corrected chi connectivity index (χ2v) is 4.56. The summed E-state index contributed by atoms with van der Waals surface area (Å²) < 4.78 is 32.4. The number of ether oxygens (including phenoxy) is 1. The molecule has 0 amide bonds. The van der Waals surface area contributed by atoms with Gasteiger partial charge in [0.25, 0.3) is 0 Å². The molecule has 100 valence electrons. The number of hydrogen-bond donors (Lipinski definition) is 2. The van der Waals surface area contributed by atoms with Crippen molar-refractivity contribution in [2.45, 2.75) is 25.7 Å². The molecular formula is C12H14F2O4. The topological polar surface area (TPSA) is 66.8 Å². The summed E-state index contributed by atoms with van der Waals surface area (Å²) in [6.07, 6.45) is -0.479. The van der Waals surface area contributed by atoms with Crippen LogP contribution in [0.25, 0.3) is 0 Å². The van der Waals surface area contributed by atoms with Gasteiger partial charge in [-0.25, -0.2) is 8.78 Å². The van der Waals surface area contributed by atoms with Crippen molar-refractivity contribution >= 4 is 5.97 Å².